The quantitative estimate of drug-likeness (QED) is 0.435. The van der Waals surface area contributed by atoms with Crippen LogP contribution in [0.2, 0.25) is 0 Å². The normalized spacial score (nSPS) is 24.3. The van der Waals surface area contributed by atoms with Gasteiger partial charge in [-0.2, -0.15) is 0 Å². The van der Waals surface area contributed by atoms with Gasteiger partial charge in [0.25, 0.3) is 0 Å². The van der Waals surface area contributed by atoms with Crippen molar-refractivity contribution in [2.24, 2.45) is 5.73 Å². The van der Waals surface area contributed by atoms with Crippen LogP contribution in [-0.4, -0.2) is 28.0 Å². The van der Waals surface area contributed by atoms with Gasteiger partial charge in [0.05, 0.1) is 0 Å². The Balaban J connectivity index is 2.87. The van der Waals surface area contributed by atoms with Crippen LogP contribution >= 0.6 is 31.9 Å². The van der Waals surface area contributed by atoms with Crippen molar-refractivity contribution >= 4 is 38.0 Å². The fraction of sp³-hybridized carbons (Fsp3) is 0.769. The Morgan fingerprint density at radius 3 is 2.53 bits per heavy atom. The molecule has 0 radical (unpaired) electrons. The van der Waals surface area contributed by atoms with Crippen molar-refractivity contribution in [1.82, 2.24) is 5.32 Å². The lowest BCUT2D eigenvalue weighted by atomic mass is 9.84. The van der Waals surface area contributed by atoms with Crippen molar-refractivity contribution in [3.8, 4) is 0 Å². The Hall–Kier alpha value is -0.0700. The second kappa shape index (κ2) is 6.59. The third kappa shape index (κ3) is 4.76. The van der Waals surface area contributed by atoms with Crippen molar-refractivity contribution in [2.45, 2.75) is 51.3 Å². The maximum atomic E-state index is 11.9. The van der Waals surface area contributed by atoms with Crippen LogP contribution in [0.4, 0.5) is 4.79 Å². The van der Waals surface area contributed by atoms with E-state index in [1.807, 2.05) is 20.8 Å². The molecule has 0 saturated carbocycles. The fourth-order valence-electron chi connectivity index (χ4n) is 2.18. The third-order valence-electron chi connectivity index (χ3n) is 3.03. The van der Waals surface area contributed by atoms with E-state index < -0.39 is 17.4 Å². The molecule has 1 aliphatic rings. The summed E-state index contributed by atoms with van der Waals surface area (Å²) in [7, 11) is 0. The number of ether oxygens (including phenoxy) is 1. The second-order valence-electron chi connectivity index (χ2n) is 5.80. The standard InChI is InChI=1S/C13H22Br2N2O2/c1-12(2,3)19-11(18)17-13(16)6-4-5-9(7-14)10(13)8-15/h4-8,16H2,1-3H3,(H,17,18). The zero-order chi connectivity index (χ0) is 14.7. The molecule has 1 rings (SSSR count). The summed E-state index contributed by atoms with van der Waals surface area (Å²) in [5.41, 5.74) is 7.34. The zero-order valence-electron chi connectivity index (χ0n) is 11.7. The largest absolute Gasteiger partial charge is 0.444 e. The maximum Gasteiger partial charge on any atom is 0.409 e. The summed E-state index contributed by atoms with van der Waals surface area (Å²) in [6, 6.07) is 0. The molecular formula is C13H22Br2N2O2. The molecular weight excluding hydrogens is 376 g/mol. The Labute approximate surface area is 131 Å². The van der Waals surface area contributed by atoms with E-state index in [0.717, 1.165) is 30.2 Å². The first-order chi connectivity index (χ1) is 8.72. The molecule has 0 aromatic rings. The molecule has 1 aliphatic carbocycles. The number of hydrogen-bond donors (Lipinski definition) is 2. The number of nitrogens with two attached hydrogens (primary N) is 1. The lowest BCUT2D eigenvalue weighted by Crippen LogP contribution is -2.59. The summed E-state index contributed by atoms with van der Waals surface area (Å²) in [6.07, 6.45) is 2.23. The van der Waals surface area contributed by atoms with Crippen molar-refractivity contribution in [2.75, 3.05) is 10.7 Å². The van der Waals surface area contributed by atoms with Gasteiger partial charge in [-0.05, 0) is 45.6 Å². The fourth-order valence-corrected chi connectivity index (χ4v) is 3.70. The van der Waals surface area contributed by atoms with Crippen LogP contribution < -0.4 is 11.1 Å². The highest BCUT2D eigenvalue weighted by Gasteiger charge is 2.36. The first kappa shape index (κ1) is 17.0. The monoisotopic (exact) mass is 396 g/mol. The molecule has 0 heterocycles. The molecule has 3 N–H and O–H groups in total. The lowest BCUT2D eigenvalue weighted by Gasteiger charge is -2.38. The predicted octanol–water partition coefficient (Wildman–Crippen LogP) is 3.44. The highest BCUT2D eigenvalue weighted by atomic mass is 79.9. The molecule has 0 fully saturated rings. The lowest BCUT2D eigenvalue weighted by molar-refractivity contribution is 0.0466. The van der Waals surface area contributed by atoms with Gasteiger partial charge in [0.2, 0.25) is 0 Å². The zero-order valence-corrected chi connectivity index (χ0v) is 14.9. The minimum absolute atomic E-state index is 0.468. The summed E-state index contributed by atoms with van der Waals surface area (Å²) in [5, 5.41) is 4.26. The highest BCUT2D eigenvalue weighted by molar-refractivity contribution is 9.09. The van der Waals surface area contributed by atoms with Gasteiger partial charge in [0.15, 0.2) is 0 Å². The SMILES string of the molecule is CC(C)(C)OC(=O)NC1(N)CCCC(CBr)=C1CBr. The number of carbonyl (C=O) groups excluding carboxylic acids is 1. The van der Waals surface area contributed by atoms with E-state index in [4.69, 9.17) is 10.5 Å². The average Bonchev–Trinajstić information content (AvgIpc) is 2.24. The smallest absolute Gasteiger partial charge is 0.409 e. The number of rotatable bonds is 3. The van der Waals surface area contributed by atoms with E-state index in [0.29, 0.717) is 5.33 Å². The van der Waals surface area contributed by atoms with E-state index in [2.05, 4.69) is 37.2 Å². The number of carbonyl (C=O) groups is 1. The number of hydrogen-bond acceptors (Lipinski definition) is 3. The molecule has 1 unspecified atom stereocenters. The van der Waals surface area contributed by atoms with Gasteiger partial charge in [-0.15, -0.1) is 0 Å². The van der Waals surface area contributed by atoms with Crippen LogP contribution in [0.25, 0.3) is 0 Å². The number of amides is 1. The molecule has 1 amide bonds. The van der Waals surface area contributed by atoms with Gasteiger partial charge in [-0.3, -0.25) is 5.32 Å². The van der Waals surface area contributed by atoms with E-state index in [1.165, 1.54) is 5.57 Å². The minimum atomic E-state index is -0.812. The highest BCUT2D eigenvalue weighted by Crippen LogP contribution is 2.32. The second-order valence-corrected chi connectivity index (χ2v) is 6.92. The molecule has 0 spiro atoms. The van der Waals surface area contributed by atoms with Crippen LogP contribution in [0, 0.1) is 0 Å². The van der Waals surface area contributed by atoms with E-state index >= 15 is 0 Å². The van der Waals surface area contributed by atoms with Gasteiger partial charge in [0.1, 0.15) is 11.3 Å². The molecule has 0 aliphatic heterocycles. The number of halogens is 2. The van der Waals surface area contributed by atoms with Crippen molar-refractivity contribution in [1.29, 1.82) is 0 Å². The third-order valence-corrected chi connectivity index (χ3v) is 4.27. The molecule has 0 aromatic heterocycles. The van der Waals surface area contributed by atoms with Gasteiger partial charge in [-0.25, -0.2) is 4.79 Å². The average molecular weight is 398 g/mol. The van der Waals surface area contributed by atoms with Crippen LogP contribution in [0.5, 0.6) is 0 Å². The molecule has 6 heteroatoms. The molecule has 0 aromatic carbocycles. The summed E-state index contributed by atoms with van der Waals surface area (Å²) < 4.78 is 5.29. The molecule has 0 saturated heterocycles. The molecule has 110 valence electrons. The summed E-state index contributed by atoms with van der Waals surface area (Å²) >= 11 is 6.95. The van der Waals surface area contributed by atoms with Gasteiger partial charge in [-0.1, -0.05) is 37.4 Å². The van der Waals surface area contributed by atoms with Crippen LogP contribution in [-0.2, 0) is 4.74 Å². The number of allylic oxidation sites excluding steroid dienone is 1. The van der Waals surface area contributed by atoms with E-state index in [-0.39, 0.29) is 0 Å². The van der Waals surface area contributed by atoms with Crippen molar-refractivity contribution in [3.63, 3.8) is 0 Å². The number of nitrogens with one attached hydrogen (secondary N) is 1. The molecule has 0 bridgehead atoms. The van der Waals surface area contributed by atoms with Gasteiger partial charge < -0.3 is 10.5 Å². The number of alkyl carbamates (subject to hydrolysis) is 1. The van der Waals surface area contributed by atoms with Crippen LogP contribution in [0.1, 0.15) is 40.0 Å². The summed E-state index contributed by atoms with van der Waals surface area (Å²) in [5.74, 6) is 0. The summed E-state index contributed by atoms with van der Waals surface area (Å²) in [6.45, 7) is 5.51. The Morgan fingerprint density at radius 1 is 1.42 bits per heavy atom. The van der Waals surface area contributed by atoms with E-state index in [9.17, 15) is 4.79 Å². The van der Waals surface area contributed by atoms with Gasteiger partial charge in [0, 0.05) is 10.7 Å². The molecule has 1 atom stereocenters. The van der Waals surface area contributed by atoms with E-state index in [1.54, 1.807) is 0 Å². The first-order valence-corrected chi connectivity index (χ1v) is 8.59. The van der Waals surface area contributed by atoms with Crippen molar-refractivity contribution < 1.29 is 9.53 Å². The summed E-state index contributed by atoms with van der Waals surface area (Å²) in [4.78, 5) is 11.9. The van der Waals surface area contributed by atoms with Gasteiger partial charge >= 0.3 is 6.09 Å². The topological polar surface area (TPSA) is 64.3 Å². The predicted molar refractivity (Wildman–Crippen MR) is 84.8 cm³/mol. The number of alkyl halides is 2. The maximum absolute atomic E-state index is 11.9. The Morgan fingerprint density at radius 2 is 2.05 bits per heavy atom. The Kier molecular flexibility index (Phi) is 5.89. The molecule has 19 heavy (non-hydrogen) atoms. The van der Waals surface area contributed by atoms with Crippen molar-refractivity contribution in [3.05, 3.63) is 11.1 Å². The van der Waals surface area contributed by atoms with Crippen LogP contribution in [0.15, 0.2) is 11.1 Å². The van der Waals surface area contributed by atoms with Crippen LogP contribution in [0.3, 0.4) is 0 Å². The first-order valence-electron chi connectivity index (χ1n) is 6.35. The minimum Gasteiger partial charge on any atom is -0.444 e. The Bertz CT molecular complexity index is 377. The molecule has 4 nitrogen and oxygen atoms in total.